The molecule has 21 heavy (non-hydrogen) atoms. The van der Waals surface area contributed by atoms with Gasteiger partial charge in [-0.1, -0.05) is 47.0 Å². The van der Waals surface area contributed by atoms with Gasteiger partial charge in [-0.3, -0.25) is 4.68 Å². The summed E-state index contributed by atoms with van der Waals surface area (Å²) >= 11 is 0. The van der Waals surface area contributed by atoms with Gasteiger partial charge in [0.2, 0.25) is 0 Å². The third-order valence-corrected chi connectivity index (χ3v) is 5.33. The molecule has 0 saturated heterocycles. The molecule has 1 aromatic rings. The van der Waals surface area contributed by atoms with Crippen LogP contribution in [0, 0.1) is 5.41 Å². The maximum absolute atomic E-state index is 4.88. The van der Waals surface area contributed by atoms with Crippen LogP contribution in [0.3, 0.4) is 0 Å². The van der Waals surface area contributed by atoms with Gasteiger partial charge in [0.25, 0.3) is 0 Å². The summed E-state index contributed by atoms with van der Waals surface area (Å²) in [4.78, 5) is 0. The van der Waals surface area contributed by atoms with E-state index in [1.807, 2.05) is 0 Å². The standard InChI is InChI=1S/C18H33N3/c1-5-18(3,4)17(19-6-2)14-15-12-13-21(20-15)16-10-8-7-9-11-16/h12-13,16-17,19H,5-11,14H2,1-4H3. The number of nitrogens with one attached hydrogen (secondary N) is 1. The normalized spacial score (nSPS) is 18.9. The fourth-order valence-corrected chi connectivity index (χ4v) is 3.36. The molecule has 1 aliphatic carbocycles. The molecule has 0 spiro atoms. The van der Waals surface area contributed by atoms with Gasteiger partial charge < -0.3 is 5.32 Å². The summed E-state index contributed by atoms with van der Waals surface area (Å²) in [7, 11) is 0. The monoisotopic (exact) mass is 291 g/mol. The van der Waals surface area contributed by atoms with Crippen molar-refractivity contribution in [1.29, 1.82) is 0 Å². The molecule has 1 atom stereocenters. The van der Waals surface area contributed by atoms with Crippen LogP contribution in [-0.2, 0) is 6.42 Å². The molecule has 1 unspecified atom stereocenters. The largest absolute Gasteiger partial charge is 0.313 e. The Hall–Kier alpha value is -0.830. The quantitative estimate of drug-likeness (QED) is 0.809. The molecule has 3 nitrogen and oxygen atoms in total. The summed E-state index contributed by atoms with van der Waals surface area (Å²) in [6, 6.07) is 3.37. The molecule has 3 heteroatoms. The van der Waals surface area contributed by atoms with Crippen molar-refractivity contribution in [2.24, 2.45) is 5.41 Å². The SMILES string of the molecule is CCNC(Cc1ccn(C2CCCCC2)n1)C(C)(C)CC. The van der Waals surface area contributed by atoms with Crippen LogP contribution < -0.4 is 5.32 Å². The van der Waals surface area contributed by atoms with Crippen molar-refractivity contribution in [1.82, 2.24) is 15.1 Å². The molecule has 1 heterocycles. The lowest BCUT2D eigenvalue weighted by atomic mass is 9.79. The molecule has 1 N–H and O–H groups in total. The molecular formula is C18H33N3. The van der Waals surface area contributed by atoms with Gasteiger partial charge in [0.1, 0.15) is 0 Å². The third kappa shape index (κ3) is 4.32. The van der Waals surface area contributed by atoms with Crippen molar-refractivity contribution in [3.63, 3.8) is 0 Å². The lowest BCUT2D eigenvalue weighted by molar-refractivity contribution is 0.230. The van der Waals surface area contributed by atoms with Crippen LogP contribution in [0.5, 0.6) is 0 Å². The molecule has 0 radical (unpaired) electrons. The zero-order valence-electron chi connectivity index (χ0n) is 14.4. The second-order valence-corrected chi connectivity index (χ2v) is 7.24. The van der Waals surface area contributed by atoms with E-state index in [-0.39, 0.29) is 0 Å². The van der Waals surface area contributed by atoms with Crippen molar-refractivity contribution in [3.8, 4) is 0 Å². The zero-order chi connectivity index (χ0) is 15.3. The van der Waals surface area contributed by atoms with Crippen LogP contribution in [0.1, 0.15) is 78.0 Å². The number of aromatic nitrogens is 2. The van der Waals surface area contributed by atoms with Crippen molar-refractivity contribution >= 4 is 0 Å². The first kappa shape index (κ1) is 16.5. The summed E-state index contributed by atoms with van der Waals surface area (Å²) in [5, 5.41) is 8.54. The number of nitrogens with zero attached hydrogens (tertiary/aromatic N) is 2. The first-order chi connectivity index (χ1) is 10.1. The molecule has 0 amide bonds. The number of hydrogen-bond donors (Lipinski definition) is 1. The van der Waals surface area contributed by atoms with Crippen LogP contribution in [-0.4, -0.2) is 22.4 Å². The molecule has 1 fully saturated rings. The van der Waals surface area contributed by atoms with Crippen LogP contribution >= 0.6 is 0 Å². The Balaban J connectivity index is 2.02. The van der Waals surface area contributed by atoms with Crippen LogP contribution in [0.4, 0.5) is 0 Å². The predicted octanol–water partition coefficient (Wildman–Crippen LogP) is 4.35. The smallest absolute Gasteiger partial charge is 0.0640 e. The number of likely N-dealkylation sites (N-methyl/N-ethyl adjacent to an activating group) is 1. The second kappa shape index (κ2) is 7.44. The maximum atomic E-state index is 4.88. The van der Waals surface area contributed by atoms with Gasteiger partial charge in [0, 0.05) is 18.7 Å². The van der Waals surface area contributed by atoms with Crippen molar-refractivity contribution < 1.29 is 0 Å². The Bertz CT molecular complexity index is 416. The minimum atomic E-state index is 0.310. The van der Waals surface area contributed by atoms with Gasteiger partial charge in [-0.05, 0) is 37.3 Å². The van der Waals surface area contributed by atoms with Gasteiger partial charge in [-0.15, -0.1) is 0 Å². The minimum Gasteiger partial charge on any atom is -0.313 e. The predicted molar refractivity (Wildman–Crippen MR) is 89.6 cm³/mol. The first-order valence-electron chi connectivity index (χ1n) is 8.84. The molecule has 120 valence electrons. The highest BCUT2D eigenvalue weighted by molar-refractivity contribution is 5.04. The van der Waals surface area contributed by atoms with Crippen LogP contribution in [0.25, 0.3) is 0 Å². The van der Waals surface area contributed by atoms with E-state index >= 15 is 0 Å². The van der Waals surface area contributed by atoms with Gasteiger partial charge in [0.15, 0.2) is 0 Å². The molecular weight excluding hydrogens is 258 g/mol. The van der Waals surface area contributed by atoms with Crippen molar-refractivity contribution in [3.05, 3.63) is 18.0 Å². The average Bonchev–Trinajstić information content (AvgIpc) is 2.96. The van der Waals surface area contributed by atoms with E-state index in [4.69, 9.17) is 5.10 Å². The van der Waals surface area contributed by atoms with Gasteiger partial charge in [-0.25, -0.2) is 0 Å². The van der Waals surface area contributed by atoms with E-state index in [2.05, 4.69) is 50.0 Å². The highest BCUT2D eigenvalue weighted by Crippen LogP contribution is 2.29. The summed E-state index contributed by atoms with van der Waals surface area (Å²) in [5.74, 6) is 0. The summed E-state index contributed by atoms with van der Waals surface area (Å²) in [5.41, 5.74) is 1.55. The highest BCUT2D eigenvalue weighted by Gasteiger charge is 2.28. The lowest BCUT2D eigenvalue weighted by Gasteiger charge is -2.34. The Kier molecular flexibility index (Phi) is 5.86. The third-order valence-electron chi connectivity index (χ3n) is 5.33. The molecule has 0 aromatic carbocycles. The Morgan fingerprint density at radius 1 is 1.29 bits per heavy atom. The van der Waals surface area contributed by atoms with Crippen LogP contribution in [0.2, 0.25) is 0 Å². The van der Waals surface area contributed by atoms with Crippen molar-refractivity contribution in [2.75, 3.05) is 6.54 Å². The fourth-order valence-electron chi connectivity index (χ4n) is 3.36. The number of rotatable bonds is 7. The lowest BCUT2D eigenvalue weighted by Crippen LogP contribution is -2.43. The Labute approximate surface area is 130 Å². The zero-order valence-corrected chi connectivity index (χ0v) is 14.4. The average molecular weight is 291 g/mol. The van der Waals surface area contributed by atoms with E-state index in [1.165, 1.54) is 44.2 Å². The maximum Gasteiger partial charge on any atom is 0.0640 e. The second-order valence-electron chi connectivity index (χ2n) is 7.24. The fraction of sp³-hybridized carbons (Fsp3) is 0.833. The van der Waals surface area contributed by atoms with Gasteiger partial charge >= 0.3 is 0 Å². The summed E-state index contributed by atoms with van der Waals surface area (Å²) in [6.07, 6.45) is 11.2. The molecule has 0 aliphatic heterocycles. The number of hydrogen-bond acceptors (Lipinski definition) is 2. The van der Waals surface area contributed by atoms with Crippen LogP contribution in [0.15, 0.2) is 12.3 Å². The minimum absolute atomic E-state index is 0.310. The summed E-state index contributed by atoms with van der Waals surface area (Å²) in [6.45, 7) is 10.2. The van der Waals surface area contributed by atoms with E-state index in [1.54, 1.807) is 0 Å². The Morgan fingerprint density at radius 2 is 2.00 bits per heavy atom. The van der Waals surface area contributed by atoms with Gasteiger partial charge in [-0.2, -0.15) is 5.10 Å². The Morgan fingerprint density at radius 3 is 2.62 bits per heavy atom. The topological polar surface area (TPSA) is 29.9 Å². The van der Waals surface area contributed by atoms with E-state index in [9.17, 15) is 0 Å². The van der Waals surface area contributed by atoms with E-state index < -0.39 is 0 Å². The molecule has 1 aromatic heterocycles. The first-order valence-corrected chi connectivity index (χ1v) is 8.84. The summed E-state index contributed by atoms with van der Waals surface area (Å²) < 4.78 is 2.23. The molecule has 0 bridgehead atoms. The van der Waals surface area contributed by atoms with Gasteiger partial charge in [0.05, 0.1) is 11.7 Å². The highest BCUT2D eigenvalue weighted by atomic mass is 15.3. The molecule has 1 aliphatic rings. The van der Waals surface area contributed by atoms with E-state index in [0.29, 0.717) is 17.5 Å². The van der Waals surface area contributed by atoms with E-state index in [0.717, 1.165) is 13.0 Å². The van der Waals surface area contributed by atoms with Crippen molar-refractivity contribution in [2.45, 2.75) is 84.7 Å². The molecule has 1 saturated carbocycles. The molecule has 2 rings (SSSR count).